The largest absolute Gasteiger partial charge is 0.307 e. The molecule has 1 N–H and O–H groups in total. The highest BCUT2D eigenvalue weighted by molar-refractivity contribution is 5.83. The van der Waals surface area contributed by atoms with E-state index >= 15 is 0 Å². The molecule has 0 saturated carbocycles. The Morgan fingerprint density at radius 3 is 2.56 bits per heavy atom. The van der Waals surface area contributed by atoms with Crippen molar-refractivity contribution >= 4 is 10.8 Å². The maximum atomic E-state index is 3.52. The van der Waals surface area contributed by atoms with E-state index < -0.39 is 0 Å². The summed E-state index contributed by atoms with van der Waals surface area (Å²) in [5.74, 6) is 0. The number of hydrogen-bond donors (Lipinski definition) is 1. The van der Waals surface area contributed by atoms with Crippen LogP contribution in [0, 0.1) is 0 Å². The second kappa shape index (κ2) is 5.83. The van der Waals surface area contributed by atoms with E-state index in [0.29, 0.717) is 6.04 Å². The summed E-state index contributed by atoms with van der Waals surface area (Å²) in [4.78, 5) is 0. The molecule has 0 aromatic heterocycles. The molecular formula is C17H21N. The zero-order valence-corrected chi connectivity index (χ0v) is 11.4. The van der Waals surface area contributed by atoms with Crippen LogP contribution in [0.3, 0.4) is 0 Å². The van der Waals surface area contributed by atoms with Crippen LogP contribution in [0.2, 0.25) is 0 Å². The van der Waals surface area contributed by atoms with Crippen LogP contribution >= 0.6 is 0 Å². The summed E-state index contributed by atoms with van der Waals surface area (Å²) >= 11 is 0. The summed E-state index contributed by atoms with van der Waals surface area (Å²) in [6.45, 7) is 7.39. The van der Waals surface area contributed by atoms with Gasteiger partial charge >= 0.3 is 0 Å². The molecule has 0 radical (unpaired) electrons. The van der Waals surface area contributed by atoms with Crippen LogP contribution in [0.4, 0.5) is 0 Å². The third-order valence-corrected chi connectivity index (χ3v) is 3.21. The second-order valence-corrected chi connectivity index (χ2v) is 5.02. The van der Waals surface area contributed by atoms with Gasteiger partial charge in [-0.2, -0.15) is 0 Å². The van der Waals surface area contributed by atoms with E-state index in [4.69, 9.17) is 0 Å². The number of rotatable bonds is 4. The van der Waals surface area contributed by atoms with Gasteiger partial charge in [-0.3, -0.25) is 0 Å². The lowest BCUT2D eigenvalue weighted by Crippen LogP contribution is -2.18. The maximum Gasteiger partial charge on any atom is 0.0294 e. The van der Waals surface area contributed by atoms with Gasteiger partial charge in [0.25, 0.3) is 0 Å². The van der Waals surface area contributed by atoms with Crippen LogP contribution < -0.4 is 5.32 Å². The smallest absolute Gasteiger partial charge is 0.0294 e. The van der Waals surface area contributed by atoms with Crippen molar-refractivity contribution in [2.24, 2.45) is 0 Å². The molecule has 0 aliphatic carbocycles. The van der Waals surface area contributed by atoms with Crippen LogP contribution in [-0.2, 0) is 0 Å². The van der Waals surface area contributed by atoms with Crippen molar-refractivity contribution in [2.75, 3.05) is 6.54 Å². The molecule has 0 heterocycles. The van der Waals surface area contributed by atoms with Crippen molar-refractivity contribution in [2.45, 2.75) is 26.8 Å². The Hall–Kier alpha value is -1.60. The van der Waals surface area contributed by atoms with E-state index in [-0.39, 0.29) is 0 Å². The molecule has 2 aromatic rings. The first-order valence-electron chi connectivity index (χ1n) is 6.52. The first-order chi connectivity index (χ1) is 8.66. The highest BCUT2D eigenvalue weighted by atomic mass is 14.9. The molecule has 0 bridgehead atoms. The van der Waals surface area contributed by atoms with E-state index in [2.05, 4.69) is 74.6 Å². The number of hydrogen-bond acceptors (Lipinski definition) is 1. The summed E-state index contributed by atoms with van der Waals surface area (Å²) in [6.07, 6.45) is 2.22. The summed E-state index contributed by atoms with van der Waals surface area (Å²) in [6, 6.07) is 15.6. The van der Waals surface area contributed by atoms with Crippen molar-refractivity contribution in [1.82, 2.24) is 5.32 Å². The number of nitrogens with one attached hydrogen (secondary N) is 1. The Kier molecular flexibility index (Phi) is 4.16. The summed E-state index contributed by atoms with van der Waals surface area (Å²) in [5, 5.41) is 6.13. The summed E-state index contributed by atoms with van der Waals surface area (Å²) < 4.78 is 0. The molecular weight excluding hydrogens is 218 g/mol. The van der Waals surface area contributed by atoms with Gasteiger partial charge in [0.2, 0.25) is 0 Å². The van der Waals surface area contributed by atoms with Crippen molar-refractivity contribution in [1.29, 1.82) is 0 Å². The minimum atomic E-state index is 0.380. The predicted molar refractivity (Wildman–Crippen MR) is 79.8 cm³/mol. The van der Waals surface area contributed by atoms with E-state index in [1.54, 1.807) is 0 Å². The van der Waals surface area contributed by atoms with Crippen LogP contribution in [-0.4, -0.2) is 6.54 Å². The maximum absolute atomic E-state index is 3.52. The highest BCUT2D eigenvalue weighted by Crippen LogP contribution is 2.20. The van der Waals surface area contributed by atoms with Gasteiger partial charge in [-0.25, -0.2) is 0 Å². The first kappa shape index (κ1) is 12.8. The topological polar surface area (TPSA) is 12.0 Å². The van der Waals surface area contributed by atoms with Crippen molar-refractivity contribution in [3.8, 4) is 0 Å². The molecule has 0 aliphatic heterocycles. The fourth-order valence-corrected chi connectivity index (χ4v) is 2.03. The molecule has 0 spiro atoms. The first-order valence-corrected chi connectivity index (χ1v) is 6.52. The summed E-state index contributed by atoms with van der Waals surface area (Å²) in [5.41, 5.74) is 2.70. The number of allylic oxidation sites excluding steroid dienone is 1. The highest BCUT2D eigenvalue weighted by Gasteiger charge is 2.04. The molecule has 2 aromatic carbocycles. The van der Waals surface area contributed by atoms with Crippen LogP contribution in [0.25, 0.3) is 10.8 Å². The van der Waals surface area contributed by atoms with Crippen molar-refractivity contribution in [3.05, 3.63) is 59.7 Å². The van der Waals surface area contributed by atoms with Gasteiger partial charge in [-0.15, -0.1) is 0 Å². The summed E-state index contributed by atoms with van der Waals surface area (Å²) in [7, 11) is 0. The average molecular weight is 239 g/mol. The molecule has 2 rings (SSSR count). The Labute approximate surface area is 110 Å². The fourth-order valence-electron chi connectivity index (χ4n) is 2.03. The molecule has 0 saturated heterocycles. The Bertz CT molecular complexity index is 550. The molecule has 1 heteroatoms. The van der Waals surface area contributed by atoms with Gasteiger partial charge in [-0.05, 0) is 43.2 Å². The predicted octanol–water partition coefficient (Wildman–Crippen LogP) is 4.46. The molecule has 94 valence electrons. The lowest BCUT2D eigenvalue weighted by molar-refractivity contribution is 0.617. The van der Waals surface area contributed by atoms with E-state index in [1.807, 2.05) is 0 Å². The quantitative estimate of drug-likeness (QED) is 0.777. The third kappa shape index (κ3) is 3.21. The van der Waals surface area contributed by atoms with Crippen LogP contribution in [0.5, 0.6) is 0 Å². The lowest BCUT2D eigenvalue weighted by atomic mass is 10.0. The normalized spacial score (nSPS) is 12.4. The van der Waals surface area contributed by atoms with Gasteiger partial charge in [0.1, 0.15) is 0 Å². The van der Waals surface area contributed by atoms with Crippen molar-refractivity contribution in [3.63, 3.8) is 0 Å². The molecule has 1 nitrogen and oxygen atoms in total. The molecule has 1 unspecified atom stereocenters. The minimum absolute atomic E-state index is 0.380. The standard InChI is InChI=1S/C17H21N/c1-13(2)10-11-18-14(3)16-9-8-15-6-4-5-7-17(15)12-16/h4-10,12,14,18H,11H2,1-3H3. The van der Waals surface area contributed by atoms with Crippen LogP contribution in [0.1, 0.15) is 32.4 Å². The van der Waals surface area contributed by atoms with Gasteiger partial charge < -0.3 is 5.32 Å². The zero-order valence-electron chi connectivity index (χ0n) is 11.4. The van der Waals surface area contributed by atoms with Gasteiger partial charge in [0, 0.05) is 12.6 Å². The second-order valence-electron chi connectivity index (χ2n) is 5.02. The Morgan fingerprint density at radius 1 is 1.11 bits per heavy atom. The monoisotopic (exact) mass is 239 g/mol. The van der Waals surface area contributed by atoms with Gasteiger partial charge in [-0.1, -0.05) is 48.0 Å². The molecule has 18 heavy (non-hydrogen) atoms. The Morgan fingerprint density at radius 2 is 1.83 bits per heavy atom. The van der Waals surface area contributed by atoms with Gasteiger partial charge in [0.15, 0.2) is 0 Å². The Balaban J connectivity index is 2.12. The number of fused-ring (bicyclic) bond motifs is 1. The van der Waals surface area contributed by atoms with E-state index in [0.717, 1.165) is 6.54 Å². The van der Waals surface area contributed by atoms with Crippen molar-refractivity contribution < 1.29 is 0 Å². The van der Waals surface area contributed by atoms with E-state index in [9.17, 15) is 0 Å². The number of benzene rings is 2. The third-order valence-electron chi connectivity index (χ3n) is 3.21. The molecule has 0 amide bonds. The SMILES string of the molecule is CC(C)=CCNC(C)c1ccc2ccccc2c1. The zero-order chi connectivity index (χ0) is 13.0. The fraction of sp³-hybridized carbons (Fsp3) is 0.294. The van der Waals surface area contributed by atoms with Crippen LogP contribution in [0.15, 0.2) is 54.1 Å². The minimum Gasteiger partial charge on any atom is -0.307 e. The average Bonchev–Trinajstić information content (AvgIpc) is 2.37. The van der Waals surface area contributed by atoms with E-state index in [1.165, 1.54) is 21.9 Å². The molecule has 1 atom stereocenters. The molecule has 0 fully saturated rings. The lowest BCUT2D eigenvalue weighted by Gasteiger charge is -2.14. The molecule has 0 aliphatic rings. The van der Waals surface area contributed by atoms with Gasteiger partial charge in [0.05, 0.1) is 0 Å².